The van der Waals surface area contributed by atoms with Crippen LogP contribution in [0.2, 0.25) is 0 Å². The van der Waals surface area contributed by atoms with Gasteiger partial charge in [0.2, 0.25) is 0 Å². The summed E-state index contributed by atoms with van der Waals surface area (Å²) in [5, 5.41) is 6.98. The van der Waals surface area contributed by atoms with Crippen molar-refractivity contribution < 1.29 is 46.5 Å². The monoisotopic (exact) mass is 999 g/mol. The minimum atomic E-state index is -4.08. The number of phosphoric ester groups is 2. The quantitative estimate of drug-likeness (QED) is 0.0261. The first-order chi connectivity index (χ1) is 33.0. The first kappa shape index (κ1) is 61.3. The van der Waals surface area contributed by atoms with Gasteiger partial charge in [-0.15, -0.1) is 0 Å². The van der Waals surface area contributed by atoms with Crippen molar-refractivity contribution in [1.29, 1.82) is 0 Å². The number of rotatable bonds is 42. The van der Waals surface area contributed by atoms with Crippen LogP contribution in [0, 0.1) is 5.41 Å². The molecule has 1 saturated heterocycles. The molecule has 4 N–H and O–H groups in total. The van der Waals surface area contributed by atoms with E-state index in [2.05, 4.69) is 82.1 Å². The molecular weight excluding hydrogens is 899 g/mol. The molecule has 0 radical (unpaired) electrons. The molecule has 1 aliphatic heterocycles. The van der Waals surface area contributed by atoms with Crippen LogP contribution < -0.4 is 10.6 Å². The van der Waals surface area contributed by atoms with Gasteiger partial charge in [-0.25, -0.2) is 9.13 Å². The number of ether oxygens (including phenoxy) is 2. The van der Waals surface area contributed by atoms with Crippen LogP contribution in [0.3, 0.4) is 0 Å². The van der Waals surface area contributed by atoms with E-state index in [1.54, 1.807) is 0 Å². The molecule has 14 heteroatoms. The van der Waals surface area contributed by atoms with Crippen molar-refractivity contribution in [3.63, 3.8) is 0 Å². The van der Waals surface area contributed by atoms with Crippen LogP contribution in [-0.2, 0) is 36.7 Å². The molecule has 2 saturated carbocycles. The van der Waals surface area contributed by atoms with Gasteiger partial charge in [-0.3, -0.25) is 18.1 Å². The lowest BCUT2D eigenvalue weighted by Crippen LogP contribution is -2.57. The van der Waals surface area contributed by atoms with Crippen LogP contribution in [0.25, 0.3) is 0 Å². The van der Waals surface area contributed by atoms with Gasteiger partial charge in [-0.2, -0.15) is 0 Å². The molecule has 2 unspecified atom stereocenters. The van der Waals surface area contributed by atoms with Gasteiger partial charge < -0.3 is 29.9 Å². The molecule has 0 aromatic carbocycles. The van der Waals surface area contributed by atoms with Crippen LogP contribution in [-0.4, -0.2) is 80.4 Å². The summed E-state index contributed by atoms with van der Waals surface area (Å²) in [7, 11) is -5.88. The molecule has 2 aliphatic carbocycles. The maximum Gasteiger partial charge on any atom is 0.471 e. The largest absolute Gasteiger partial charge is 0.471 e. The van der Waals surface area contributed by atoms with Gasteiger partial charge >= 0.3 is 15.6 Å². The summed E-state index contributed by atoms with van der Waals surface area (Å²) in [6.45, 7) is 5.17. The Hall–Kier alpha value is -0.980. The summed E-state index contributed by atoms with van der Waals surface area (Å²) in [5.41, 5.74) is 0.340. The van der Waals surface area contributed by atoms with Crippen LogP contribution in [0.5, 0.6) is 0 Å². The maximum absolute atomic E-state index is 11.9. The minimum Gasteiger partial charge on any atom is -0.344 e. The molecule has 0 aromatic heterocycles. The summed E-state index contributed by atoms with van der Waals surface area (Å²) in [6.07, 6.45) is 57.2. The van der Waals surface area contributed by atoms with Gasteiger partial charge in [-0.1, -0.05) is 152 Å². The van der Waals surface area contributed by atoms with E-state index in [1.807, 2.05) is 0 Å². The van der Waals surface area contributed by atoms with E-state index in [4.69, 9.17) is 18.5 Å². The first-order valence-corrected chi connectivity index (χ1v) is 30.5. The lowest BCUT2D eigenvalue weighted by molar-refractivity contribution is -0.208. The van der Waals surface area contributed by atoms with Crippen molar-refractivity contribution in [3.05, 3.63) is 48.6 Å². The number of hydrogen-bond donors (Lipinski definition) is 4. The molecule has 6 atom stereocenters. The maximum atomic E-state index is 11.9. The molecule has 396 valence electrons. The number of hydrogen-bond acceptors (Lipinski definition) is 10. The van der Waals surface area contributed by atoms with Gasteiger partial charge in [0.05, 0.1) is 25.4 Å². The Kier molecular flexibility index (Phi) is 33.2. The summed E-state index contributed by atoms with van der Waals surface area (Å²) in [6, 6.07) is -0.115. The summed E-state index contributed by atoms with van der Waals surface area (Å²) in [5.74, 6) is -0.576. The number of nitrogens with one attached hydrogen (secondary N) is 2. The molecule has 0 bridgehead atoms. The van der Waals surface area contributed by atoms with Gasteiger partial charge in [0.15, 0.2) is 5.79 Å². The highest BCUT2D eigenvalue weighted by molar-refractivity contribution is 7.47. The second-order valence-corrected chi connectivity index (χ2v) is 23.1. The fraction of sp³-hybridized carbons (Fsp3) is 0.852. The zero-order valence-electron chi connectivity index (χ0n) is 43.4. The lowest BCUT2D eigenvalue weighted by atomic mass is 9.66. The SMILES string of the molecule is CCCCC/C=C\C/C=C\CCCCCCCCC1(CCCCCCCC/C=C\C/C=C\CCCCC)CCC2(CC1)O[C@H]1C[C@@H](NCCOP(=O)(O)OC)[C@@H](NCCOP(=O)(O)OC)C[C@H]1O2. The molecule has 3 aliphatic rings. The Morgan fingerprint density at radius 3 is 1.24 bits per heavy atom. The van der Waals surface area contributed by atoms with E-state index in [-0.39, 0.29) is 37.5 Å². The van der Waals surface area contributed by atoms with E-state index in [1.165, 1.54) is 154 Å². The third kappa shape index (κ3) is 27.2. The van der Waals surface area contributed by atoms with Crippen molar-refractivity contribution in [2.45, 2.75) is 249 Å². The summed E-state index contributed by atoms with van der Waals surface area (Å²) >= 11 is 0. The fourth-order valence-corrected chi connectivity index (χ4v) is 11.2. The Bertz CT molecular complexity index is 1390. The molecule has 0 aromatic rings. The second-order valence-electron chi connectivity index (χ2n) is 20.0. The molecule has 0 amide bonds. The lowest BCUT2D eigenvalue weighted by Gasteiger charge is -2.44. The van der Waals surface area contributed by atoms with Gasteiger partial charge in [0.1, 0.15) is 0 Å². The number of fused-ring (bicyclic) bond motifs is 1. The van der Waals surface area contributed by atoms with Gasteiger partial charge in [0, 0.05) is 52.2 Å². The van der Waals surface area contributed by atoms with Crippen LogP contribution in [0.1, 0.15) is 219 Å². The predicted molar refractivity (Wildman–Crippen MR) is 280 cm³/mol. The topological polar surface area (TPSA) is 154 Å². The number of phosphoric acid groups is 2. The van der Waals surface area contributed by atoms with E-state index >= 15 is 0 Å². The molecule has 1 spiro atoms. The Balaban J connectivity index is 1.49. The molecule has 68 heavy (non-hydrogen) atoms. The van der Waals surface area contributed by atoms with E-state index in [0.717, 1.165) is 52.7 Å². The zero-order valence-corrected chi connectivity index (χ0v) is 45.2. The van der Waals surface area contributed by atoms with Gasteiger partial charge in [-0.05, 0) is 108 Å². The van der Waals surface area contributed by atoms with E-state index < -0.39 is 21.4 Å². The van der Waals surface area contributed by atoms with Crippen molar-refractivity contribution >= 4 is 15.6 Å². The van der Waals surface area contributed by atoms with Gasteiger partial charge in [0.25, 0.3) is 0 Å². The average Bonchev–Trinajstić information content (AvgIpc) is 3.68. The first-order valence-electron chi connectivity index (χ1n) is 27.5. The summed E-state index contributed by atoms with van der Waals surface area (Å²) < 4.78 is 56.9. The normalized spacial score (nSPS) is 23.4. The Morgan fingerprint density at radius 1 is 0.515 bits per heavy atom. The highest BCUT2D eigenvalue weighted by Crippen LogP contribution is 2.53. The second kappa shape index (κ2) is 36.9. The van der Waals surface area contributed by atoms with Crippen molar-refractivity contribution in [3.8, 4) is 0 Å². The highest BCUT2D eigenvalue weighted by Gasteiger charge is 2.54. The zero-order chi connectivity index (χ0) is 49.1. The van der Waals surface area contributed by atoms with Crippen LogP contribution in [0.15, 0.2) is 48.6 Å². The minimum absolute atomic E-state index is 0.00268. The van der Waals surface area contributed by atoms with E-state index in [0.29, 0.717) is 31.3 Å². The molecular formula is C54H100N2O10P2. The molecule has 3 fully saturated rings. The molecule has 3 rings (SSSR count). The predicted octanol–water partition coefficient (Wildman–Crippen LogP) is 14.7. The number of allylic oxidation sites excluding steroid dienone is 8. The third-order valence-electron chi connectivity index (χ3n) is 14.5. The Labute approximate surface area is 415 Å². The fourth-order valence-electron chi connectivity index (χ4n) is 10.3. The summed E-state index contributed by atoms with van der Waals surface area (Å²) in [4.78, 5) is 19.4. The molecule has 1 heterocycles. The Morgan fingerprint density at radius 2 is 0.868 bits per heavy atom. The molecule has 12 nitrogen and oxygen atoms in total. The third-order valence-corrected chi connectivity index (χ3v) is 16.4. The van der Waals surface area contributed by atoms with Crippen LogP contribution >= 0.6 is 15.6 Å². The highest BCUT2D eigenvalue weighted by atomic mass is 31.2. The van der Waals surface area contributed by atoms with Crippen molar-refractivity contribution in [2.75, 3.05) is 40.5 Å². The average molecular weight is 999 g/mol. The van der Waals surface area contributed by atoms with E-state index in [9.17, 15) is 18.9 Å². The smallest absolute Gasteiger partial charge is 0.344 e. The number of unbranched alkanes of at least 4 members (excludes halogenated alkanes) is 18. The van der Waals surface area contributed by atoms with Crippen molar-refractivity contribution in [2.24, 2.45) is 5.41 Å². The van der Waals surface area contributed by atoms with Crippen molar-refractivity contribution in [1.82, 2.24) is 10.6 Å². The standard InChI is InChI=1S/C54H100N2O10P2/c1-5-7-9-11-13-15-17-19-21-23-25-27-29-31-33-35-37-53(38-36-34-32-30-28-26-24-22-20-18-16-14-12-10-8-6-2)39-41-54(42-40-53)65-51-47-49(55-43-45-63-67(57,58)61-3)50(48-52(51)66-54)56-44-46-64-68(59,60)62-4/h13-16,19-22,49-52,55-56H,5-12,17-18,23-48H2,1-4H3,(H,57,58)(H,59,60)/b15-13-,16-14-,21-19-,22-20-/t49-,50+,51+,52-. The van der Waals surface area contributed by atoms with Crippen LogP contribution in [0.4, 0.5) is 0 Å².